The molecular weight excluding hydrogens is 452 g/mol. The van der Waals surface area contributed by atoms with Crippen LogP contribution in [0, 0.1) is 0 Å². The summed E-state index contributed by atoms with van der Waals surface area (Å²) >= 11 is 0. The molecule has 36 heavy (non-hydrogen) atoms. The van der Waals surface area contributed by atoms with E-state index in [0.29, 0.717) is 32.0 Å². The van der Waals surface area contributed by atoms with Crippen molar-refractivity contribution >= 4 is 5.57 Å². The first-order valence-corrected chi connectivity index (χ1v) is 12.3. The van der Waals surface area contributed by atoms with Crippen LogP contribution in [0.4, 0.5) is 0 Å². The topological polar surface area (TPSA) is 46.2 Å². The van der Waals surface area contributed by atoms with E-state index in [1.807, 2.05) is 63.2 Å². The lowest BCUT2D eigenvalue weighted by molar-refractivity contribution is 0.0662. The van der Waals surface area contributed by atoms with Crippen LogP contribution in [-0.4, -0.2) is 25.9 Å². The lowest BCUT2D eigenvalue weighted by Crippen LogP contribution is -2.20. The molecule has 0 fully saturated rings. The summed E-state index contributed by atoms with van der Waals surface area (Å²) in [5.41, 5.74) is 4.72. The van der Waals surface area contributed by atoms with Crippen LogP contribution < -0.4 is 9.47 Å². The van der Waals surface area contributed by atoms with Crippen molar-refractivity contribution in [3.8, 4) is 11.5 Å². The molecule has 0 N–H and O–H groups in total. The fourth-order valence-electron chi connectivity index (χ4n) is 4.56. The average molecular weight is 485 g/mol. The molecule has 0 aromatic heterocycles. The number of hydrogen-bond acceptors (Lipinski definition) is 5. The largest absolute Gasteiger partial charge is 0.494 e. The van der Waals surface area contributed by atoms with Crippen LogP contribution >= 0.6 is 0 Å². The van der Waals surface area contributed by atoms with Gasteiger partial charge in [-0.25, -0.2) is 0 Å². The summed E-state index contributed by atoms with van der Waals surface area (Å²) in [6.45, 7) is 7.55. The molecule has 0 radical (unpaired) electrons. The average Bonchev–Trinajstić information content (AvgIpc) is 3.13. The first-order valence-electron chi connectivity index (χ1n) is 12.3. The summed E-state index contributed by atoms with van der Waals surface area (Å²) in [7, 11) is 1.68. The fourth-order valence-corrected chi connectivity index (χ4v) is 4.56. The zero-order valence-corrected chi connectivity index (χ0v) is 21.3. The molecule has 186 valence electrons. The summed E-state index contributed by atoms with van der Waals surface area (Å²) < 4.78 is 30.5. The van der Waals surface area contributed by atoms with E-state index in [2.05, 4.69) is 30.4 Å². The highest BCUT2D eigenvalue weighted by Gasteiger charge is 2.30. The number of benzene rings is 2. The Morgan fingerprint density at radius 3 is 2.61 bits per heavy atom. The molecule has 0 atom stereocenters. The summed E-state index contributed by atoms with van der Waals surface area (Å²) in [5, 5.41) is 0. The SMILES string of the molecule is CCOc1ccc(C2=CC3=CC(OC)=C4CC(=C3OC2)C=CC(C)(C)O4)c(OCc2ccccc2)c1. The molecule has 5 heteroatoms. The van der Waals surface area contributed by atoms with Gasteiger partial charge in [-0.1, -0.05) is 36.4 Å². The smallest absolute Gasteiger partial charge is 0.157 e. The van der Waals surface area contributed by atoms with Crippen LogP contribution in [0.1, 0.15) is 38.3 Å². The first-order chi connectivity index (χ1) is 17.5. The minimum absolute atomic E-state index is 0.421. The van der Waals surface area contributed by atoms with Gasteiger partial charge in [-0.15, -0.1) is 0 Å². The Morgan fingerprint density at radius 1 is 1.00 bits per heavy atom. The van der Waals surface area contributed by atoms with E-state index in [0.717, 1.165) is 50.9 Å². The number of allylic oxidation sites excluding steroid dienone is 4. The quantitative estimate of drug-likeness (QED) is 0.428. The predicted molar refractivity (Wildman–Crippen MR) is 140 cm³/mol. The lowest BCUT2D eigenvalue weighted by atomic mass is 9.97. The molecule has 2 aromatic rings. The number of rotatable bonds is 7. The normalized spacial score (nSPS) is 18.1. The number of hydrogen-bond donors (Lipinski definition) is 0. The highest BCUT2D eigenvalue weighted by molar-refractivity contribution is 5.77. The second-order valence-corrected chi connectivity index (χ2v) is 9.48. The number of methoxy groups -OCH3 is 1. The van der Waals surface area contributed by atoms with Gasteiger partial charge in [0, 0.05) is 34.8 Å². The van der Waals surface area contributed by atoms with E-state index in [9.17, 15) is 0 Å². The summed E-state index contributed by atoms with van der Waals surface area (Å²) in [4.78, 5) is 0. The second kappa shape index (κ2) is 10.0. The van der Waals surface area contributed by atoms with Crippen molar-refractivity contribution in [2.45, 2.75) is 39.4 Å². The monoisotopic (exact) mass is 484 g/mol. The molecule has 1 aliphatic carbocycles. The molecule has 2 heterocycles. The van der Waals surface area contributed by atoms with E-state index in [1.54, 1.807) is 7.11 Å². The van der Waals surface area contributed by atoms with Gasteiger partial charge >= 0.3 is 0 Å². The molecule has 5 rings (SSSR count). The second-order valence-electron chi connectivity index (χ2n) is 9.48. The van der Waals surface area contributed by atoms with E-state index in [4.69, 9.17) is 23.7 Å². The van der Waals surface area contributed by atoms with Crippen molar-refractivity contribution in [3.05, 3.63) is 112 Å². The van der Waals surface area contributed by atoms with Crippen molar-refractivity contribution in [1.29, 1.82) is 0 Å². The fraction of sp³-hybridized carbons (Fsp3) is 0.290. The molecule has 2 aromatic carbocycles. The highest BCUT2D eigenvalue weighted by atomic mass is 16.5. The third-order valence-electron chi connectivity index (χ3n) is 6.31. The van der Waals surface area contributed by atoms with Crippen molar-refractivity contribution in [2.24, 2.45) is 0 Å². The van der Waals surface area contributed by atoms with Gasteiger partial charge in [0.05, 0.1) is 13.7 Å². The Morgan fingerprint density at radius 2 is 1.83 bits per heavy atom. The van der Waals surface area contributed by atoms with Crippen molar-refractivity contribution in [1.82, 2.24) is 0 Å². The van der Waals surface area contributed by atoms with Gasteiger partial charge in [0.2, 0.25) is 0 Å². The summed E-state index contributed by atoms with van der Waals surface area (Å²) in [5.74, 6) is 3.92. The minimum atomic E-state index is -0.421. The summed E-state index contributed by atoms with van der Waals surface area (Å²) in [6.07, 6.45) is 8.97. The maximum atomic E-state index is 6.39. The van der Waals surface area contributed by atoms with Crippen LogP contribution in [-0.2, 0) is 20.8 Å². The lowest BCUT2D eigenvalue weighted by Gasteiger charge is -2.24. The molecule has 0 saturated heterocycles. The van der Waals surface area contributed by atoms with Gasteiger partial charge in [0.25, 0.3) is 0 Å². The van der Waals surface area contributed by atoms with Gasteiger partial charge in [-0.05, 0) is 56.7 Å². The Hall–Kier alpha value is -3.86. The molecule has 5 nitrogen and oxygen atoms in total. The van der Waals surface area contributed by atoms with E-state index >= 15 is 0 Å². The molecular formula is C31H32O5. The Balaban J connectivity index is 1.53. The van der Waals surface area contributed by atoms with Gasteiger partial charge in [0.15, 0.2) is 5.76 Å². The zero-order valence-electron chi connectivity index (χ0n) is 21.3. The van der Waals surface area contributed by atoms with E-state index in [1.165, 1.54) is 0 Å². The molecule has 2 bridgehead atoms. The van der Waals surface area contributed by atoms with Gasteiger partial charge < -0.3 is 23.7 Å². The number of fused-ring (bicyclic) bond motifs is 3. The third-order valence-corrected chi connectivity index (χ3v) is 6.31. The van der Waals surface area contributed by atoms with Crippen LogP contribution in [0.25, 0.3) is 5.57 Å². The highest BCUT2D eigenvalue weighted by Crippen LogP contribution is 2.41. The molecule has 0 spiro atoms. The molecule has 0 unspecified atom stereocenters. The van der Waals surface area contributed by atoms with Crippen LogP contribution in [0.3, 0.4) is 0 Å². The maximum absolute atomic E-state index is 6.39. The van der Waals surface area contributed by atoms with Gasteiger partial charge in [0.1, 0.15) is 41.8 Å². The molecule has 0 saturated carbocycles. The number of ether oxygens (including phenoxy) is 5. The predicted octanol–water partition coefficient (Wildman–Crippen LogP) is 6.89. The van der Waals surface area contributed by atoms with Crippen LogP contribution in [0.15, 0.2) is 101 Å². The third kappa shape index (κ3) is 5.06. The van der Waals surface area contributed by atoms with Crippen molar-refractivity contribution in [2.75, 3.05) is 20.3 Å². The van der Waals surface area contributed by atoms with Crippen molar-refractivity contribution in [3.63, 3.8) is 0 Å². The van der Waals surface area contributed by atoms with Gasteiger partial charge in [-0.3, -0.25) is 0 Å². The Labute approximate surface area is 213 Å². The summed E-state index contributed by atoms with van der Waals surface area (Å²) in [6, 6.07) is 16.1. The maximum Gasteiger partial charge on any atom is 0.157 e. The van der Waals surface area contributed by atoms with Crippen molar-refractivity contribution < 1.29 is 23.7 Å². The molecule has 2 aliphatic heterocycles. The van der Waals surface area contributed by atoms with E-state index in [-0.39, 0.29) is 0 Å². The zero-order chi connectivity index (χ0) is 25.1. The van der Waals surface area contributed by atoms with Gasteiger partial charge in [-0.2, -0.15) is 0 Å². The first kappa shape index (κ1) is 23.9. The van der Waals surface area contributed by atoms with Crippen LogP contribution in [0.2, 0.25) is 0 Å². The van der Waals surface area contributed by atoms with E-state index < -0.39 is 5.60 Å². The molecule has 3 aliphatic rings. The molecule has 0 amide bonds. The Bertz CT molecular complexity index is 1290. The minimum Gasteiger partial charge on any atom is -0.494 e. The Kier molecular flexibility index (Phi) is 6.64. The standard InChI is InChI=1S/C31H32O5/c1-5-33-25-11-12-26(27(18-25)34-19-21-9-7-6-8-10-21)24-15-23-17-28(32-4)29-16-22(30(23)35-20-24)13-14-31(2,3)36-29/h6-15,17-18H,5,16,19-20H2,1-4H3. The van der Waals surface area contributed by atoms with Crippen LogP contribution in [0.5, 0.6) is 11.5 Å².